The topological polar surface area (TPSA) is 93.4 Å². The summed E-state index contributed by atoms with van der Waals surface area (Å²) in [6, 6.07) is 3.03. The zero-order chi connectivity index (χ0) is 23.8. The average molecular weight is 476 g/mol. The normalized spacial score (nSPS) is 16.6. The largest absolute Gasteiger partial charge is 0.481 e. The van der Waals surface area contributed by atoms with E-state index >= 15 is 0 Å². The van der Waals surface area contributed by atoms with Crippen LogP contribution in [0.15, 0.2) is 52.4 Å². The highest BCUT2D eigenvalue weighted by Crippen LogP contribution is 2.44. The fraction of sp³-hybridized carbons (Fsp3) is 0.333. The third kappa shape index (κ3) is 4.74. The van der Waals surface area contributed by atoms with E-state index in [-0.39, 0.29) is 23.0 Å². The first kappa shape index (κ1) is 24.0. The number of benzene rings is 1. The van der Waals surface area contributed by atoms with Crippen LogP contribution in [0.2, 0.25) is 0 Å². The number of carboxylic acids is 1. The lowest BCUT2D eigenvalue weighted by Crippen LogP contribution is -2.12. The van der Waals surface area contributed by atoms with Crippen molar-refractivity contribution in [2.45, 2.75) is 50.5 Å². The maximum absolute atomic E-state index is 12.6. The number of carboxylic acid groups (broad SMARTS) is 1. The highest BCUT2D eigenvalue weighted by molar-refractivity contribution is 7.90. The summed E-state index contributed by atoms with van der Waals surface area (Å²) in [5, 5.41) is 10.5. The van der Waals surface area contributed by atoms with Crippen LogP contribution in [0.5, 0.6) is 0 Å². The van der Waals surface area contributed by atoms with Crippen LogP contribution in [0.3, 0.4) is 0 Å². The Morgan fingerprint density at radius 3 is 2.53 bits per heavy atom. The fourth-order valence-corrected chi connectivity index (χ4v) is 5.14. The fourth-order valence-electron chi connectivity index (χ4n) is 4.41. The van der Waals surface area contributed by atoms with E-state index in [0.29, 0.717) is 40.9 Å². The predicted molar refractivity (Wildman–Crippen MR) is 126 cm³/mol. The Labute approximate surface area is 192 Å². The minimum Gasteiger partial charge on any atom is -0.481 e. The molecule has 1 aromatic carbocycles. The quantitative estimate of drug-likeness (QED) is 0.428. The lowest BCUT2D eigenvalue weighted by Gasteiger charge is -2.17. The number of hydrogen-bond acceptors (Lipinski definition) is 4. The van der Waals surface area contributed by atoms with Crippen molar-refractivity contribution in [3.63, 3.8) is 0 Å². The molecule has 2 aromatic rings. The predicted octanol–water partition coefficient (Wildman–Crippen LogP) is 5.01. The van der Waals surface area contributed by atoms with Gasteiger partial charge in [-0.05, 0) is 56.0 Å². The third-order valence-corrected chi connectivity index (χ3v) is 7.04. The first-order valence-electron chi connectivity index (χ1n) is 10.2. The van der Waals surface area contributed by atoms with Crippen molar-refractivity contribution >= 4 is 44.1 Å². The number of ketones is 1. The van der Waals surface area contributed by atoms with Gasteiger partial charge in [0.15, 0.2) is 15.6 Å². The summed E-state index contributed by atoms with van der Waals surface area (Å²) in [6.45, 7) is 7.33. The summed E-state index contributed by atoms with van der Waals surface area (Å²) >= 11 is 5.87. The second-order valence-electron chi connectivity index (χ2n) is 8.12. The van der Waals surface area contributed by atoms with Gasteiger partial charge in [-0.3, -0.25) is 9.59 Å². The van der Waals surface area contributed by atoms with Gasteiger partial charge in [0.1, 0.15) is 0 Å². The van der Waals surface area contributed by atoms with E-state index < -0.39 is 15.8 Å². The molecule has 0 aliphatic heterocycles. The van der Waals surface area contributed by atoms with Crippen LogP contribution in [0.1, 0.15) is 54.2 Å². The molecule has 6 nitrogen and oxygen atoms in total. The Hall–Kier alpha value is -2.64. The molecule has 1 N–H and O–H groups in total. The summed E-state index contributed by atoms with van der Waals surface area (Å²) in [5.41, 5.74) is 3.62. The van der Waals surface area contributed by atoms with Crippen LogP contribution in [-0.4, -0.2) is 36.1 Å². The first-order chi connectivity index (χ1) is 14.9. The van der Waals surface area contributed by atoms with Crippen molar-refractivity contribution in [3.8, 4) is 0 Å². The van der Waals surface area contributed by atoms with Crippen molar-refractivity contribution in [2.75, 3.05) is 6.26 Å². The van der Waals surface area contributed by atoms with Gasteiger partial charge in [0.25, 0.3) is 0 Å². The van der Waals surface area contributed by atoms with Crippen molar-refractivity contribution < 1.29 is 23.1 Å². The Morgan fingerprint density at radius 1 is 1.31 bits per heavy atom. The molecular weight excluding hydrogens is 450 g/mol. The van der Waals surface area contributed by atoms with Gasteiger partial charge >= 0.3 is 5.97 Å². The number of allylic oxidation sites excluding steroid dienone is 5. The van der Waals surface area contributed by atoms with E-state index in [1.807, 2.05) is 23.6 Å². The molecule has 0 fully saturated rings. The van der Waals surface area contributed by atoms with Gasteiger partial charge in [0.2, 0.25) is 0 Å². The molecule has 0 saturated carbocycles. The lowest BCUT2D eigenvalue weighted by atomic mass is 10.0. The van der Waals surface area contributed by atoms with Crippen LogP contribution in [0.25, 0.3) is 10.9 Å². The number of aromatic nitrogens is 1. The molecule has 170 valence electrons. The maximum atomic E-state index is 12.6. The molecule has 32 heavy (non-hydrogen) atoms. The number of rotatable bonds is 8. The molecule has 1 aromatic heterocycles. The van der Waals surface area contributed by atoms with Crippen molar-refractivity contribution in [1.82, 2.24) is 4.57 Å². The molecule has 1 heterocycles. The number of carbonyl (C=O) groups is 2. The van der Waals surface area contributed by atoms with Crippen molar-refractivity contribution in [2.24, 2.45) is 0 Å². The van der Waals surface area contributed by atoms with Gasteiger partial charge in [0.05, 0.1) is 16.8 Å². The van der Waals surface area contributed by atoms with E-state index in [0.717, 1.165) is 23.1 Å². The summed E-state index contributed by atoms with van der Waals surface area (Å²) in [5.74, 6) is -1.37. The van der Waals surface area contributed by atoms with Gasteiger partial charge in [-0.15, -0.1) is 0 Å². The molecule has 0 saturated heterocycles. The number of halogens is 1. The van der Waals surface area contributed by atoms with Gasteiger partial charge in [0, 0.05) is 40.4 Å². The second kappa shape index (κ2) is 9.08. The molecule has 1 aliphatic rings. The Kier molecular flexibility index (Phi) is 6.81. The summed E-state index contributed by atoms with van der Waals surface area (Å²) in [7, 11) is -3.54. The molecule has 0 radical (unpaired) electrons. The number of hydrogen-bond donors (Lipinski definition) is 1. The van der Waals surface area contributed by atoms with Crippen LogP contribution in [-0.2, 0) is 27.6 Å². The zero-order valence-electron chi connectivity index (χ0n) is 18.3. The van der Waals surface area contributed by atoms with Crippen LogP contribution < -0.4 is 0 Å². The van der Waals surface area contributed by atoms with E-state index in [1.165, 1.54) is 13.0 Å². The minimum absolute atomic E-state index is 0.0306. The highest BCUT2D eigenvalue weighted by Gasteiger charge is 2.33. The van der Waals surface area contributed by atoms with Gasteiger partial charge < -0.3 is 9.67 Å². The summed E-state index contributed by atoms with van der Waals surface area (Å²) in [4.78, 5) is 24.2. The molecule has 0 unspecified atom stereocenters. The van der Waals surface area contributed by atoms with E-state index in [4.69, 9.17) is 11.6 Å². The molecule has 0 bridgehead atoms. The Bertz CT molecular complexity index is 1300. The van der Waals surface area contributed by atoms with Gasteiger partial charge in [-0.2, -0.15) is 0 Å². The number of Topliss-reactive ketones (excluding diaryl/α,β-unsaturated/α-hetero) is 1. The van der Waals surface area contributed by atoms with E-state index in [2.05, 4.69) is 6.58 Å². The molecule has 0 amide bonds. The standard InChI is InChI=1S/C24H26ClNO5S/c1-5-16(7-6-14(2)25)13-26-23-17(10-22(28)29)8-9-19(23)21-12-18(32(4,30)31)11-20(15(3)27)24(21)26/h5-7,11-12,17H,2,8-10,13H2,1,3-4H3,(H,28,29)/b7-6-,16-5+/t17-/m1/s1. The van der Waals surface area contributed by atoms with Crippen LogP contribution in [0, 0.1) is 0 Å². The second-order valence-corrected chi connectivity index (χ2v) is 10.6. The Balaban J connectivity index is 2.36. The van der Waals surface area contributed by atoms with E-state index in [1.54, 1.807) is 12.1 Å². The highest BCUT2D eigenvalue weighted by atomic mass is 35.5. The first-order valence-corrected chi connectivity index (χ1v) is 12.5. The third-order valence-electron chi connectivity index (χ3n) is 5.83. The van der Waals surface area contributed by atoms with Gasteiger partial charge in [-0.25, -0.2) is 8.42 Å². The summed E-state index contributed by atoms with van der Waals surface area (Å²) < 4.78 is 26.6. The molecule has 1 atom stereocenters. The lowest BCUT2D eigenvalue weighted by molar-refractivity contribution is -0.137. The number of carbonyl (C=O) groups excluding carboxylic acids is 1. The Morgan fingerprint density at radius 2 is 2.00 bits per heavy atom. The monoisotopic (exact) mass is 475 g/mol. The number of nitrogens with zero attached hydrogens (tertiary/aromatic N) is 1. The van der Waals surface area contributed by atoms with Crippen molar-refractivity contribution in [1.29, 1.82) is 0 Å². The SMILES string of the molecule is C=C(Cl)/C=C\C(=C/C)Cn1c2c(c3cc(S(C)(=O)=O)cc(C(C)=O)c31)CC[C@@H]2CC(=O)O. The molecular formula is C24H26ClNO5S. The molecule has 0 spiro atoms. The minimum atomic E-state index is -3.54. The van der Waals surface area contributed by atoms with Crippen LogP contribution in [0.4, 0.5) is 0 Å². The number of sulfone groups is 1. The zero-order valence-corrected chi connectivity index (χ0v) is 19.9. The maximum Gasteiger partial charge on any atom is 0.304 e. The van der Waals surface area contributed by atoms with Crippen molar-refractivity contribution in [3.05, 3.63) is 64.4 Å². The van der Waals surface area contributed by atoms with E-state index in [9.17, 15) is 23.1 Å². The smallest absolute Gasteiger partial charge is 0.304 e. The number of aliphatic carboxylic acids is 1. The van der Waals surface area contributed by atoms with Crippen LogP contribution >= 0.6 is 11.6 Å². The molecule has 8 heteroatoms. The van der Waals surface area contributed by atoms with Gasteiger partial charge in [-0.1, -0.05) is 30.3 Å². The summed E-state index contributed by atoms with van der Waals surface area (Å²) in [6.07, 6.45) is 7.78. The number of fused-ring (bicyclic) bond motifs is 3. The molecule has 1 aliphatic carbocycles. The average Bonchev–Trinajstić information content (AvgIpc) is 3.22. The molecule has 3 rings (SSSR count). The number of aryl methyl sites for hydroxylation is 1.